The molecule has 2 N–H and O–H groups in total. The zero-order chi connectivity index (χ0) is 21.2. The number of hydrogen-bond donors (Lipinski definition) is 2. The van der Waals surface area contributed by atoms with Crippen molar-refractivity contribution >= 4 is 26.9 Å². The maximum atomic E-state index is 13.9. The van der Waals surface area contributed by atoms with Crippen molar-refractivity contribution in [3.05, 3.63) is 54.0 Å². The minimum atomic E-state index is -3.76. The highest BCUT2D eigenvalue weighted by atomic mass is 32.2. The minimum Gasteiger partial charge on any atom is -0.508 e. The Hall–Kier alpha value is -2.98. The van der Waals surface area contributed by atoms with E-state index in [0.717, 1.165) is 0 Å². The van der Waals surface area contributed by atoms with E-state index >= 15 is 0 Å². The van der Waals surface area contributed by atoms with E-state index in [4.69, 9.17) is 0 Å². The van der Waals surface area contributed by atoms with Gasteiger partial charge in [0.15, 0.2) is 0 Å². The summed E-state index contributed by atoms with van der Waals surface area (Å²) < 4.78 is 43.2. The van der Waals surface area contributed by atoms with Crippen LogP contribution in [0, 0.1) is 11.7 Å². The fraction of sp³-hybridized carbons (Fsp3) is 0.300. The van der Waals surface area contributed by atoms with E-state index in [2.05, 4.69) is 5.10 Å². The van der Waals surface area contributed by atoms with Gasteiger partial charge in [0.05, 0.1) is 28.6 Å². The molecule has 3 aliphatic rings. The van der Waals surface area contributed by atoms with Crippen LogP contribution < -0.4 is 0 Å². The maximum Gasteiger partial charge on any atom is 0.309 e. The number of halogens is 1. The van der Waals surface area contributed by atoms with Crippen molar-refractivity contribution in [2.24, 2.45) is 5.92 Å². The molecule has 1 saturated carbocycles. The van der Waals surface area contributed by atoms with Gasteiger partial charge in [-0.15, -0.1) is 0 Å². The molecule has 3 heterocycles. The van der Waals surface area contributed by atoms with E-state index in [9.17, 15) is 27.8 Å². The monoisotopic (exact) mass is 431 g/mol. The van der Waals surface area contributed by atoms with Crippen LogP contribution in [0.2, 0.25) is 0 Å². The summed E-state index contributed by atoms with van der Waals surface area (Å²) in [5.41, 5.74) is 0.798. The highest BCUT2D eigenvalue weighted by Crippen LogP contribution is 2.52. The molecule has 3 fully saturated rings. The predicted molar refractivity (Wildman–Crippen MR) is 104 cm³/mol. The summed E-state index contributed by atoms with van der Waals surface area (Å²) in [4.78, 5) is 11.3. The van der Waals surface area contributed by atoms with Gasteiger partial charge in [-0.25, -0.2) is 12.8 Å². The Morgan fingerprint density at radius 1 is 1.20 bits per heavy atom. The van der Waals surface area contributed by atoms with Crippen molar-refractivity contribution in [2.75, 3.05) is 6.54 Å². The molecule has 0 amide bonds. The smallest absolute Gasteiger partial charge is 0.309 e. The number of aromatic nitrogens is 2. The third kappa shape index (κ3) is 2.78. The molecule has 156 valence electrons. The molecule has 0 spiro atoms. The molecule has 10 heteroatoms. The number of phenols is 1. The van der Waals surface area contributed by atoms with Gasteiger partial charge in [-0.3, -0.25) is 9.48 Å². The van der Waals surface area contributed by atoms with Crippen molar-refractivity contribution in [3.63, 3.8) is 0 Å². The lowest BCUT2D eigenvalue weighted by Crippen LogP contribution is -2.42. The van der Waals surface area contributed by atoms with E-state index in [0.29, 0.717) is 29.6 Å². The normalized spacial score (nSPS) is 23.6. The highest BCUT2D eigenvalue weighted by Gasteiger charge is 2.57. The van der Waals surface area contributed by atoms with Crippen molar-refractivity contribution in [3.8, 4) is 5.75 Å². The molecule has 3 atom stereocenters. The average Bonchev–Trinajstić information content (AvgIpc) is 3.35. The zero-order valence-electron chi connectivity index (χ0n) is 15.6. The maximum absolute atomic E-state index is 13.9. The molecule has 2 unspecified atom stereocenters. The van der Waals surface area contributed by atoms with Gasteiger partial charge < -0.3 is 10.2 Å². The summed E-state index contributed by atoms with van der Waals surface area (Å²) in [5, 5.41) is 23.6. The van der Waals surface area contributed by atoms with Crippen LogP contribution in [0.1, 0.15) is 18.2 Å². The first kappa shape index (κ1) is 19.0. The van der Waals surface area contributed by atoms with Crippen molar-refractivity contribution in [1.29, 1.82) is 0 Å². The summed E-state index contributed by atoms with van der Waals surface area (Å²) in [6.45, 7) is 0.309. The lowest BCUT2D eigenvalue weighted by Gasteiger charge is -2.36. The van der Waals surface area contributed by atoms with Crippen LogP contribution in [0.25, 0.3) is 10.9 Å². The number of carboxylic acids is 1. The number of aliphatic carboxylic acids is 1. The van der Waals surface area contributed by atoms with Crippen molar-refractivity contribution in [2.45, 2.75) is 29.8 Å². The van der Waals surface area contributed by atoms with Gasteiger partial charge in [0, 0.05) is 18.0 Å². The molecule has 3 aromatic rings. The quantitative estimate of drug-likeness (QED) is 0.640. The van der Waals surface area contributed by atoms with Crippen LogP contribution in [0.3, 0.4) is 0 Å². The van der Waals surface area contributed by atoms with Crippen molar-refractivity contribution < 1.29 is 27.8 Å². The first-order valence-electron chi connectivity index (χ1n) is 9.45. The van der Waals surface area contributed by atoms with E-state index < -0.39 is 21.8 Å². The van der Waals surface area contributed by atoms with Gasteiger partial charge in [0.25, 0.3) is 0 Å². The number of rotatable bonds is 5. The molecular formula is C20H18FN3O5S. The fourth-order valence-corrected chi connectivity index (χ4v) is 6.32. The highest BCUT2D eigenvalue weighted by molar-refractivity contribution is 7.89. The van der Waals surface area contributed by atoms with Crippen LogP contribution in [0.15, 0.2) is 47.4 Å². The Morgan fingerprint density at radius 3 is 2.63 bits per heavy atom. The number of sulfonamides is 1. The molecule has 2 saturated heterocycles. The second-order valence-electron chi connectivity index (χ2n) is 7.75. The zero-order valence-corrected chi connectivity index (χ0v) is 16.5. The topological polar surface area (TPSA) is 113 Å². The summed E-state index contributed by atoms with van der Waals surface area (Å²) >= 11 is 0. The van der Waals surface area contributed by atoms with Gasteiger partial charge in [0.2, 0.25) is 10.0 Å². The van der Waals surface area contributed by atoms with Crippen LogP contribution in [-0.2, 0) is 21.2 Å². The number of aromatic hydroxyl groups is 1. The number of nitrogens with zero attached hydrogens (tertiary/aromatic N) is 3. The molecule has 1 aliphatic carbocycles. The Bertz CT molecular complexity index is 1270. The largest absolute Gasteiger partial charge is 0.508 e. The number of hydrogen-bond acceptors (Lipinski definition) is 5. The SMILES string of the molecule is O=C(O)Cc1nn([C@@H]2C3CC2N(S(=O)(=O)c2ccc(O)cc2)C3)c2cc(F)ccc12. The molecular weight excluding hydrogens is 413 g/mol. The number of benzene rings is 2. The number of carbonyl (C=O) groups is 1. The number of fused-ring (bicyclic) bond motifs is 2. The molecule has 6 rings (SSSR count). The fourth-order valence-electron chi connectivity index (χ4n) is 4.61. The molecule has 2 aromatic carbocycles. The first-order valence-corrected chi connectivity index (χ1v) is 10.9. The lowest BCUT2D eigenvalue weighted by molar-refractivity contribution is -0.136. The second-order valence-corrected chi connectivity index (χ2v) is 9.64. The Kier molecular flexibility index (Phi) is 4.13. The Morgan fingerprint density at radius 2 is 1.93 bits per heavy atom. The average molecular weight is 431 g/mol. The van der Waals surface area contributed by atoms with Gasteiger partial charge in [-0.2, -0.15) is 9.40 Å². The molecule has 2 bridgehead atoms. The van der Waals surface area contributed by atoms with Crippen LogP contribution >= 0.6 is 0 Å². The summed E-state index contributed by atoms with van der Waals surface area (Å²) in [5.74, 6) is -1.52. The van der Waals surface area contributed by atoms with Gasteiger partial charge in [-0.05, 0) is 54.8 Å². The van der Waals surface area contributed by atoms with Crippen LogP contribution in [0.5, 0.6) is 5.75 Å². The second kappa shape index (κ2) is 6.51. The van der Waals surface area contributed by atoms with E-state index in [1.165, 1.54) is 46.8 Å². The predicted octanol–water partition coefficient (Wildman–Crippen LogP) is 2.14. The Balaban J connectivity index is 1.53. The van der Waals surface area contributed by atoms with Crippen molar-refractivity contribution in [1.82, 2.24) is 14.1 Å². The summed E-state index contributed by atoms with van der Waals surface area (Å²) in [7, 11) is -3.76. The van der Waals surface area contributed by atoms with E-state index in [1.807, 2.05) is 0 Å². The van der Waals surface area contributed by atoms with Gasteiger partial charge in [-0.1, -0.05) is 0 Å². The Labute approximate surface area is 171 Å². The first-order chi connectivity index (χ1) is 14.3. The third-order valence-electron chi connectivity index (χ3n) is 6.00. The minimum absolute atomic E-state index is 0.00550. The van der Waals surface area contributed by atoms with Gasteiger partial charge >= 0.3 is 5.97 Å². The molecule has 1 aromatic heterocycles. The van der Waals surface area contributed by atoms with Crippen LogP contribution in [-0.4, -0.2) is 51.3 Å². The molecule has 8 nitrogen and oxygen atoms in total. The number of carboxylic acid groups (broad SMARTS) is 1. The van der Waals surface area contributed by atoms with Gasteiger partial charge in [0.1, 0.15) is 11.6 Å². The third-order valence-corrected chi connectivity index (χ3v) is 7.90. The summed E-state index contributed by atoms with van der Waals surface area (Å²) in [6, 6.07) is 8.82. The summed E-state index contributed by atoms with van der Waals surface area (Å²) in [6.07, 6.45) is 0.361. The molecule has 2 aliphatic heterocycles. The molecule has 30 heavy (non-hydrogen) atoms. The van der Waals surface area contributed by atoms with Crippen LogP contribution in [0.4, 0.5) is 4.39 Å². The lowest BCUT2D eigenvalue weighted by atomic mass is 9.80. The van der Waals surface area contributed by atoms with E-state index in [1.54, 1.807) is 4.68 Å². The number of phenolic OH excluding ortho intramolecular Hbond substituents is 1. The van der Waals surface area contributed by atoms with E-state index in [-0.39, 0.29) is 35.1 Å². The standard InChI is InChI=1S/C20H18FN3O5S/c21-12-1-6-15-16(9-19(26)27)22-24(17(15)8-12)20-11-7-18(20)23(10-11)30(28,29)14-4-2-13(25)3-5-14/h1-6,8,11,18,20,25H,7,9-10H2,(H,26,27)/t11?,18?,20-/m1/s1. The molecule has 0 radical (unpaired) electrons.